The second-order valence-electron chi connectivity index (χ2n) is 1.97. The lowest BCUT2D eigenvalue weighted by molar-refractivity contribution is 0.147. The molecule has 62 valence electrons. The van der Waals surface area contributed by atoms with Gasteiger partial charge in [0.05, 0.1) is 0 Å². The Labute approximate surface area is 60.9 Å². The van der Waals surface area contributed by atoms with Crippen LogP contribution in [0.15, 0.2) is 0 Å². The first-order valence-corrected chi connectivity index (χ1v) is 4.51. The van der Waals surface area contributed by atoms with E-state index in [1.165, 1.54) is 7.11 Å². The van der Waals surface area contributed by atoms with E-state index in [1.54, 1.807) is 0 Å². The van der Waals surface area contributed by atoms with Gasteiger partial charge in [-0.25, -0.2) is 0 Å². The third-order valence-electron chi connectivity index (χ3n) is 1.12. The highest BCUT2D eigenvalue weighted by atomic mass is 32.2. The van der Waals surface area contributed by atoms with Crippen molar-refractivity contribution in [3.63, 3.8) is 0 Å². The number of hydrogen-bond donors (Lipinski definition) is 1. The van der Waals surface area contributed by atoms with Crippen molar-refractivity contribution in [2.45, 2.75) is 25.2 Å². The SMILES string of the molecule is CCCC(OC)S(=O)(=O)O. The molecule has 0 aliphatic carbocycles. The molecule has 0 aromatic heterocycles. The highest BCUT2D eigenvalue weighted by Crippen LogP contribution is 2.06. The van der Waals surface area contributed by atoms with E-state index in [4.69, 9.17) is 4.55 Å². The smallest absolute Gasteiger partial charge is 0.292 e. The van der Waals surface area contributed by atoms with Crippen LogP contribution in [0.4, 0.5) is 0 Å². The molecule has 0 saturated carbocycles. The number of rotatable bonds is 4. The van der Waals surface area contributed by atoms with Crippen LogP contribution >= 0.6 is 0 Å². The minimum absolute atomic E-state index is 0.329. The molecular formula is C5H12O4S. The van der Waals surface area contributed by atoms with Crippen molar-refractivity contribution < 1.29 is 17.7 Å². The van der Waals surface area contributed by atoms with Crippen LogP contribution in [0, 0.1) is 0 Å². The van der Waals surface area contributed by atoms with Crippen LogP contribution in [0.1, 0.15) is 19.8 Å². The van der Waals surface area contributed by atoms with Gasteiger partial charge in [-0.2, -0.15) is 8.42 Å². The van der Waals surface area contributed by atoms with Gasteiger partial charge in [0.2, 0.25) is 0 Å². The maximum absolute atomic E-state index is 10.4. The summed E-state index contributed by atoms with van der Waals surface area (Å²) in [6, 6.07) is 0. The third kappa shape index (κ3) is 3.14. The zero-order chi connectivity index (χ0) is 8.20. The van der Waals surface area contributed by atoms with Crippen molar-refractivity contribution in [2.24, 2.45) is 0 Å². The fourth-order valence-electron chi connectivity index (χ4n) is 0.624. The van der Waals surface area contributed by atoms with E-state index in [9.17, 15) is 8.42 Å². The summed E-state index contributed by atoms with van der Waals surface area (Å²) in [5.41, 5.74) is -1.06. The molecule has 1 N–H and O–H groups in total. The minimum Gasteiger partial charge on any atom is -0.363 e. The van der Waals surface area contributed by atoms with Gasteiger partial charge in [0.1, 0.15) is 0 Å². The highest BCUT2D eigenvalue weighted by molar-refractivity contribution is 7.86. The zero-order valence-corrected chi connectivity index (χ0v) is 6.89. The van der Waals surface area contributed by atoms with E-state index in [-0.39, 0.29) is 0 Å². The summed E-state index contributed by atoms with van der Waals surface area (Å²) in [4.78, 5) is 0. The molecule has 0 saturated heterocycles. The Balaban J connectivity index is 4.08. The molecule has 0 bridgehead atoms. The van der Waals surface area contributed by atoms with Crippen molar-refractivity contribution in [2.75, 3.05) is 7.11 Å². The molecule has 0 fully saturated rings. The molecule has 5 heteroatoms. The van der Waals surface area contributed by atoms with Crippen LogP contribution in [-0.2, 0) is 14.9 Å². The van der Waals surface area contributed by atoms with Crippen LogP contribution in [0.25, 0.3) is 0 Å². The molecule has 0 aromatic carbocycles. The Morgan fingerprint density at radius 2 is 2.10 bits per heavy atom. The van der Waals surface area contributed by atoms with E-state index < -0.39 is 15.6 Å². The monoisotopic (exact) mass is 168 g/mol. The van der Waals surface area contributed by atoms with E-state index in [0.717, 1.165) is 0 Å². The molecular weight excluding hydrogens is 156 g/mol. The zero-order valence-electron chi connectivity index (χ0n) is 6.07. The summed E-state index contributed by atoms with van der Waals surface area (Å²) in [5.74, 6) is 0. The van der Waals surface area contributed by atoms with Gasteiger partial charge in [0, 0.05) is 7.11 Å². The fraction of sp³-hybridized carbons (Fsp3) is 1.00. The molecule has 0 aliphatic rings. The second-order valence-corrected chi connectivity index (χ2v) is 3.52. The van der Waals surface area contributed by atoms with Crippen LogP contribution in [0.3, 0.4) is 0 Å². The van der Waals surface area contributed by atoms with Gasteiger partial charge in [0.15, 0.2) is 5.44 Å². The van der Waals surface area contributed by atoms with E-state index in [2.05, 4.69) is 4.74 Å². The lowest BCUT2D eigenvalue weighted by Gasteiger charge is -2.09. The first-order chi connectivity index (χ1) is 4.52. The van der Waals surface area contributed by atoms with Crippen molar-refractivity contribution in [1.82, 2.24) is 0 Å². The Bertz CT molecular complexity index is 172. The lowest BCUT2D eigenvalue weighted by Crippen LogP contribution is -2.21. The normalized spacial score (nSPS) is 15.1. The molecule has 0 spiro atoms. The maximum Gasteiger partial charge on any atom is 0.292 e. The Kier molecular flexibility index (Phi) is 3.85. The topological polar surface area (TPSA) is 63.6 Å². The van der Waals surface area contributed by atoms with E-state index in [1.807, 2.05) is 6.92 Å². The quantitative estimate of drug-likeness (QED) is 0.626. The summed E-state index contributed by atoms with van der Waals surface area (Å²) >= 11 is 0. The van der Waals surface area contributed by atoms with Gasteiger partial charge in [-0.3, -0.25) is 4.55 Å². The van der Waals surface area contributed by atoms with Crippen LogP contribution in [0.5, 0.6) is 0 Å². The van der Waals surface area contributed by atoms with Crippen molar-refractivity contribution >= 4 is 10.1 Å². The standard InChI is InChI=1S/C5H12O4S/c1-3-4-5(9-2)10(6,7)8/h5H,3-4H2,1-2H3,(H,6,7,8). The fourth-order valence-corrected chi connectivity index (χ4v) is 1.40. The molecule has 0 amide bonds. The molecule has 1 unspecified atom stereocenters. The molecule has 4 nitrogen and oxygen atoms in total. The summed E-state index contributed by atoms with van der Waals surface area (Å²) < 4.78 is 33.7. The second kappa shape index (κ2) is 3.90. The van der Waals surface area contributed by atoms with Gasteiger partial charge in [-0.1, -0.05) is 13.3 Å². The Morgan fingerprint density at radius 1 is 1.60 bits per heavy atom. The number of ether oxygens (including phenoxy) is 1. The van der Waals surface area contributed by atoms with Crippen molar-refractivity contribution in [3.8, 4) is 0 Å². The summed E-state index contributed by atoms with van der Waals surface area (Å²) in [7, 11) is -2.74. The van der Waals surface area contributed by atoms with Gasteiger partial charge in [-0.15, -0.1) is 0 Å². The number of hydrogen-bond acceptors (Lipinski definition) is 3. The van der Waals surface area contributed by atoms with Crippen LogP contribution in [-0.4, -0.2) is 25.5 Å². The largest absolute Gasteiger partial charge is 0.363 e. The molecule has 0 radical (unpaired) electrons. The van der Waals surface area contributed by atoms with Crippen molar-refractivity contribution in [1.29, 1.82) is 0 Å². The molecule has 0 aromatic rings. The predicted molar refractivity (Wildman–Crippen MR) is 37.3 cm³/mol. The Hall–Kier alpha value is -0.130. The first-order valence-electron chi connectivity index (χ1n) is 3.01. The van der Waals surface area contributed by atoms with Crippen LogP contribution in [0.2, 0.25) is 0 Å². The summed E-state index contributed by atoms with van der Waals surface area (Å²) in [5, 5.41) is 0. The summed E-state index contributed by atoms with van der Waals surface area (Å²) in [6.45, 7) is 1.82. The minimum atomic E-state index is -4.00. The molecule has 10 heavy (non-hydrogen) atoms. The predicted octanol–water partition coefficient (Wildman–Crippen LogP) is 0.647. The average Bonchev–Trinajstić information content (AvgIpc) is 1.80. The Morgan fingerprint density at radius 3 is 2.20 bits per heavy atom. The van der Waals surface area contributed by atoms with Crippen molar-refractivity contribution in [3.05, 3.63) is 0 Å². The first kappa shape index (κ1) is 9.87. The third-order valence-corrected chi connectivity index (χ3v) is 2.21. The summed E-state index contributed by atoms with van der Waals surface area (Å²) in [6.07, 6.45) is 0.994. The molecule has 0 aliphatic heterocycles. The molecule has 1 atom stereocenters. The number of methoxy groups -OCH3 is 1. The average molecular weight is 168 g/mol. The van der Waals surface area contributed by atoms with Gasteiger partial charge in [-0.05, 0) is 6.42 Å². The lowest BCUT2D eigenvalue weighted by atomic mass is 10.4. The molecule has 0 heterocycles. The maximum atomic E-state index is 10.4. The van der Waals surface area contributed by atoms with Gasteiger partial charge >= 0.3 is 0 Å². The molecule has 0 rings (SSSR count). The van der Waals surface area contributed by atoms with Gasteiger partial charge < -0.3 is 4.74 Å². The van der Waals surface area contributed by atoms with E-state index in [0.29, 0.717) is 12.8 Å². The highest BCUT2D eigenvalue weighted by Gasteiger charge is 2.20. The van der Waals surface area contributed by atoms with Crippen LogP contribution < -0.4 is 0 Å². The van der Waals surface area contributed by atoms with E-state index >= 15 is 0 Å². The van der Waals surface area contributed by atoms with Gasteiger partial charge in [0.25, 0.3) is 10.1 Å².